The number of phenolic OH excluding ortho intramolecular Hbond substituents is 2. The van der Waals surface area contributed by atoms with Crippen molar-refractivity contribution in [3.63, 3.8) is 0 Å². The number of nitrogens with one attached hydrogen (secondary N) is 1. The third-order valence-electron chi connectivity index (χ3n) is 3.85. The molecule has 1 fully saturated rings. The number of benzene rings is 1. The Morgan fingerprint density at radius 2 is 1.89 bits per heavy atom. The minimum atomic E-state index is 0.113. The Labute approximate surface area is 113 Å². The van der Waals surface area contributed by atoms with Crippen molar-refractivity contribution in [2.75, 3.05) is 12.8 Å². The predicted molar refractivity (Wildman–Crippen MR) is 76.3 cm³/mol. The first-order chi connectivity index (χ1) is 8.54. The number of hydrogen-bond donors (Lipinski definition) is 3. The van der Waals surface area contributed by atoms with Gasteiger partial charge in [-0.2, -0.15) is 11.8 Å². The lowest BCUT2D eigenvalue weighted by Gasteiger charge is -2.41. The standard InChI is InChI=1S/C14H21NO2S/c1-10(11-6-12(16)8-13(17)7-11)15-9-14(18-2)4-3-5-14/h6-8,10,15-17H,3-5,9H2,1-2H3. The Bertz CT molecular complexity index is 392. The fourth-order valence-electron chi connectivity index (χ4n) is 2.35. The van der Waals surface area contributed by atoms with Gasteiger partial charge < -0.3 is 15.5 Å². The number of hydrogen-bond acceptors (Lipinski definition) is 4. The van der Waals surface area contributed by atoms with Crippen LogP contribution in [0.2, 0.25) is 0 Å². The van der Waals surface area contributed by atoms with Gasteiger partial charge in [-0.15, -0.1) is 0 Å². The normalized spacial score (nSPS) is 19.2. The summed E-state index contributed by atoms with van der Waals surface area (Å²) < 4.78 is 0.396. The molecule has 1 aromatic rings. The Morgan fingerprint density at radius 3 is 2.33 bits per heavy atom. The lowest BCUT2D eigenvalue weighted by Crippen LogP contribution is -2.43. The fourth-order valence-corrected chi connectivity index (χ4v) is 3.27. The van der Waals surface area contributed by atoms with E-state index in [-0.39, 0.29) is 17.5 Å². The van der Waals surface area contributed by atoms with Gasteiger partial charge in [-0.05, 0) is 43.7 Å². The van der Waals surface area contributed by atoms with Gasteiger partial charge >= 0.3 is 0 Å². The maximum atomic E-state index is 9.48. The van der Waals surface area contributed by atoms with Crippen LogP contribution in [0, 0.1) is 0 Å². The smallest absolute Gasteiger partial charge is 0.119 e. The molecule has 1 aromatic carbocycles. The number of rotatable bonds is 5. The van der Waals surface area contributed by atoms with Crippen LogP contribution in [0.5, 0.6) is 11.5 Å². The van der Waals surface area contributed by atoms with Crippen molar-refractivity contribution in [3.8, 4) is 11.5 Å². The fraction of sp³-hybridized carbons (Fsp3) is 0.571. The summed E-state index contributed by atoms with van der Waals surface area (Å²) in [6.45, 7) is 3.03. The second-order valence-electron chi connectivity index (χ2n) is 5.13. The van der Waals surface area contributed by atoms with Crippen molar-refractivity contribution < 1.29 is 10.2 Å². The van der Waals surface area contributed by atoms with Gasteiger partial charge in [0.25, 0.3) is 0 Å². The van der Waals surface area contributed by atoms with Crippen LogP contribution in [0.3, 0.4) is 0 Å². The van der Waals surface area contributed by atoms with Gasteiger partial charge in [0.05, 0.1) is 0 Å². The van der Waals surface area contributed by atoms with E-state index in [9.17, 15) is 10.2 Å². The molecule has 0 saturated heterocycles. The van der Waals surface area contributed by atoms with Crippen LogP contribution < -0.4 is 5.32 Å². The van der Waals surface area contributed by atoms with Gasteiger partial charge in [0, 0.05) is 23.4 Å². The summed E-state index contributed by atoms with van der Waals surface area (Å²) in [5.41, 5.74) is 0.920. The molecule has 1 atom stereocenters. The zero-order valence-corrected chi connectivity index (χ0v) is 11.8. The molecular weight excluding hydrogens is 246 g/mol. The lowest BCUT2D eigenvalue weighted by molar-refractivity contribution is 0.334. The van der Waals surface area contributed by atoms with Crippen molar-refractivity contribution in [1.29, 1.82) is 0 Å². The zero-order chi connectivity index (χ0) is 13.2. The molecule has 1 saturated carbocycles. The summed E-state index contributed by atoms with van der Waals surface area (Å²) in [5.74, 6) is 0.226. The molecule has 1 unspecified atom stereocenters. The number of aromatic hydroxyl groups is 2. The average Bonchev–Trinajstić information content (AvgIpc) is 2.26. The van der Waals surface area contributed by atoms with Crippen molar-refractivity contribution in [2.24, 2.45) is 0 Å². The van der Waals surface area contributed by atoms with E-state index in [2.05, 4.69) is 18.5 Å². The van der Waals surface area contributed by atoms with Gasteiger partial charge in [-0.25, -0.2) is 0 Å². The van der Waals surface area contributed by atoms with E-state index < -0.39 is 0 Å². The van der Waals surface area contributed by atoms with E-state index in [4.69, 9.17) is 0 Å². The predicted octanol–water partition coefficient (Wildman–Crippen LogP) is 3.03. The van der Waals surface area contributed by atoms with Crippen LogP contribution in [-0.4, -0.2) is 27.8 Å². The van der Waals surface area contributed by atoms with E-state index in [0.717, 1.165) is 12.1 Å². The summed E-state index contributed by atoms with van der Waals surface area (Å²) >= 11 is 1.94. The summed E-state index contributed by atoms with van der Waals surface area (Å²) in [6, 6.07) is 4.88. The van der Waals surface area contributed by atoms with E-state index in [1.807, 2.05) is 11.8 Å². The van der Waals surface area contributed by atoms with Crippen molar-refractivity contribution in [3.05, 3.63) is 23.8 Å². The van der Waals surface area contributed by atoms with Crippen molar-refractivity contribution in [2.45, 2.75) is 37.0 Å². The number of thioether (sulfide) groups is 1. The topological polar surface area (TPSA) is 52.5 Å². The maximum absolute atomic E-state index is 9.48. The highest BCUT2D eigenvalue weighted by molar-refractivity contribution is 8.00. The molecule has 4 heteroatoms. The molecule has 2 rings (SSSR count). The largest absolute Gasteiger partial charge is 0.508 e. The van der Waals surface area contributed by atoms with Crippen LogP contribution in [0.4, 0.5) is 0 Å². The third-order valence-corrected chi connectivity index (χ3v) is 5.27. The molecule has 0 spiro atoms. The minimum Gasteiger partial charge on any atom is -0.508 e. The SMILES string of the molecule is CSC1(CNC(C)c2cc(O)cc(O)c2)CCC1. The van der Waals surface area contributed by atoms with Crippen LogP contribution in [0.1, 0.15) is 37.8 Å². The Hall–Kier alpha value is -0.870. The highest BCUT2D eigenvalue weighted by Gasteiger charge is 2.35. The number of phenols is 2. The second-order valence-corrected chi connectivity index (χ2v) is 6.40. The molecule has 0 heterocycles. The first kappa shape index (κ1) is 13.6. The van der Waals surface area contributed by atoms with Crippen molar-refractivity contribution >= 4 is 11.8 Å². The minimum absolute atomic E-state index is 0.113. The summed E-state index contributed by atoms with van der Waals surface area (Å²) in [7, 11) is 0. The van der Waals surface area contributed by atoms with Gasteiger partial charge in [0.2, 0.25) is 0 Å². The molecule has 0 amide bonds. The molecule has 0 bridgehead atoms. The molecule has 1 aliphatic carbocycles. The lowest BCUT2D eigenvalue weighted by atomic mass is 9.84. The van der Waals surface area contributed by atoms with E-state index in [1.165, 1.54) is 25.3 Å². The molecular formula is C14H21NO2S. The molecule has 0 aromatic heterocycles. The molecule has 1 aliphatic rings. The molecule has 18 heavy (non-hydrogen) atoms. The van der Waals surface area contributed by atoms with Crippen LogP contribution in [-0.2, 0) is 0 Å². The zero-order valence-electron chi connectivity index (χ0n) is 10.9. The maximum Gasteiger partial charge on any atom is 0.119 e. The van der Waals surface area contributed by atoms with Crippen LogP contribution in [0.25, 0.3) is 0 Å². The monoisotopic (exact) mass is 267 g/mol. The van der Waals surface area contributed by atoms with Crippen LogP contribution >= 0.6 is 11.8 Å². The summed E-state index contributed by atoms with van der Waals surface area (Å²) in [6.07, 6.45) is 6.05. The Kier molecular flexibility index (Phi) is 4.07. The van der Waals surface area contributed by atoms with E-state index >= 15 is 0 Å². The first-order valence-corrected chi connectivity index (χ1v) is 7.59. The van der Waals surface area contributed by atoms with E-state index in [0.29, 0.717) is 4.75 Å². The molecule has 0 radical (unpaired) electrons. The Balaban J connectivity index is 1.96. The average molecular weight is 267 g/mol. The van der Waals surface area contributed by atoms with Gasteiger partial charge in [0.15, 0.2) is 0 Å². The van der Waals surface area contributed by atoms with Gasteiger partial charge in [-0.3, -0.25) is 0 Å². The molecule has 3 N–H and O–H groups in total. The van der Waals surface area contributed by atoms with Crippen molar-refractivity contribution in [1.82, 2.24) is 5.32 Å². The van der Waals surface area contributed by atoms with Gasteiger partial charge in [0.1, 0.15) is 11.5 Å². The Morgan fingerprint density at radius 1 is 1.28 bits per heavy atom. The van der Waals surface area contributed by atoms with E-state index in [1.54, 1.807) is 12.1 Å². The quantitative estimate of drug-likeness (QED) is 0.767. The molecule has 3 nitrogen and oxygen atoms in total. The summed E-state index contributed by atoms with van der Waals surface area (Å²) in [4.78, 5) is 0. The summed E-state index contributed by atoms with van der Waals surface area (Å²) in [5, 5.41) is 22.5. The second kappa shape index (κ2) is 5.41. The highest BCUT2D eigenvalue weighted by atomic mass is 32.2. The van der Waals surface area contributed by atoms with Crippen LogP contribution in [0.15, 0.2) is 18.2 Å². The molecule has 0 aliphatic heterocycles. The molecule has 100 valence electrons. The first-order valence-electron chi connectivity index (χ1n) is 6.36. The van der Waals surface area contributed by atoms with Gasteiger partial charge in [-0.1, -0.05) is 6.42 Å². The highest BCUT2D eigenvalue weighted by Crippen LogP contribution is 2.42. The third kappa shape index (κ3) is 2.93.